The number of Topliss-reactive ketones (excluding diaryl/α,β-unsaturated/α-hetero) is 1. The van der Waals surface area contributed by atoms with E-state index in [0.717, 1.165) is 15.5 Å². The third-order valence-electron chi connectivity index (χ3n) is 4.77. The van der Waals surface area contributed by atoms with E-state index in [1.165, 1.54) is 29.6 Å². The second-order valence-electron chi connectivity index (χ2n) is 6.58. The molecule has 3 aromatic heterocycles. The van der Waals surface area contributed by atoms with Crippen molar-refractivity contribution < 1.29 is 14.3 Å². The molecule has 0 aliphatic carbocycles. The minimum absolute atomic E-state index is 0.106. The number of ketones is 1. The Balaban J connectivity index is 1.51. The number of imidazole rings is 1. The fourth-order valence-electron chi connectivity index (χ4n) is 3.23. The Morgan fingerprint density at radius 3 is 2.69 bits per heavy atom. The highest BCUT2D eigenvalue weighted by atomic mass is 16.5. The average molecular weight is 395 g/mol. The summed E-state index contributed by atoms with van der Waals surface area (Å²) in [7, 11) is 2.83. The molecule has 29 heavy (non-hydrogen) atoms. The van der Waals surface area contributed by atoms with Gasteiger partial charge in [-0.2, -0.15) is 0 Å². The lowest BCUT2D eigenvalue weighted by molar-refractivity contribution is -0.143. The van der Waals surface area contributed by atoms with Crippen LogP contribution in [0.5, 0.6) is 0 Å². The maximum atomic E-state index is 12.4. The predicted octanol–water partition coefficient (Wildman–Crippen LogP) is 0.341. The number of hydrogen-bond acceptors (Lipinski definition) is 6. The van der Waals surface area contributed by atoms with E-state index < -0.39 is 23.8 Å². The van der Waals surface area contributed by atoms with E-state index in [1.807, 2.05) is 18.2 Å². The van der Waals surface area contributed by atoms with Crippen LogP contribution in [0, 0.1) is 0 Å². The molecular formula is C19H17N5O5. The van der Waals surface area contributed by atoms with Crippen LogP contribution >= 0.6 is 0 Å². The number of esters is 1. The third-order valence-corrected chi connectivity index (χ3v) is 4.77. The number of aryl methyl sites for hydroxylation is 1. The number of benzene rings is 1. The summed E-state index contributed by atoms with van der Waals surface area (Å²) in [5.74, 6) is -1.04. The van der Waals surface area contributed by atoms with Crippen LogP contribution in [-0.2, 0) is 30.2 Å². The van der Waals surface area contributed by atoms with Gasteiger partial charge in [0.1, 0.15) is 6.54 Å². The second kappa shape index (κ2) is 6.89. The van der Waals surface area contributed by atoms with E-state index in [2.05, 4.69) is 9.97 Å². The summed E-state index contributed by atoms with van der Waals surface area (Å²) in [6.07, 6.45) is 2.86. The summed E-state index contributed by atoms with van der Waals surface area (Å²) in [4.78, 5) is 56.0. The molecule has 0 bridgehead atoms. The van der Waals surface area contributed by atoms with Crippen molar-refractivity contribution in [3.63, 3.8) is 0 Å². The van der Waals surface area contributed by atoms with Crippen LogP contribution in [0.3, 0.4) is 0 Å². The zero-order valence-corrected chi connectivity index (χ0v) is 15.7. The molecular weight excluding hydrogens is 378 g/mol. The smallest absolute Gasteiger partial charge is 0.332 e. The first-order valence-electron chi connectivity index (χ1n) is 8.74. The van der Waals surface area contributed by atoms with Crippen molar-refractivity contribution in [2.24, 2.45) is 14.1 Å². The number of carbonyl (C=O) groups excluding carboxylic acids is 2. The van der Waals surface area contributed by atoms with Crippen molar-refractivity contribution in [2.45, 2.75) is 6.54 Å². The van der Waals surface area contributed by atoms with Crippen molar-refractivity contribution in [2.75, 3.05) is 6.61 Å². The highest BCUT2D eigenvalue weighted by Gasteiger charge is 2.18. The van der Waals surface area contributed by atoms with Gasteiger partial charge in [-0.15, -0.1) is 0 Å². The first-order chi connectivity index (χ1) is 13.9. The molecule has 0 saturated carbocycles. The summed E-state index contributed by atoms with van der Waals surface area (Å²) >= 11 is 0. The molecule has 3 heterocycles. The standard InChI is InChI=1S/C19H17N5O5/c1-22-17-16(18(27)23(2)19(22)28)24(10-21-17)8-15(26)29-9-14(25)12-7-20-13-6-4-3-5-11(12)13/h3-7,10,20H,8-9H2,1-2H3. The molecule has 4 aromatic rings. The number of aromatic nitrogens is 5. The normalized spacial score (nSPS) is 11.2. The average Bonchev–Trinajstić information content (AvgIpc) is 3.33. The lowest BCUT2D eigenvalue weighted by atomic mass is 10.1. The Labute approximate surface area is 163 Å². The zero-order chi connectivity index (χ0) is 20.7. The number of ether oxygens (including phenoxy) is 1. The quantitative estimate of drug-likeness (QED) is 0.384. The number of H-pyrrole nitrogens is 1. The van der Waals surface area contributed by atoms with Gasteiger partial charge in [-0.25, -0.2) is 9.78 Å². The van der Waals surface area contributed by atoms with Gasteiger partial charge in [-0.05, 0) is 6.07 Å². The summed E-state index contributed by atoms with van der Waals surface area (Å²) in [5, 5.41) is 0.749. The lowest BCUT2D eigenvalue weighted by Crippen LogP contribution is -2.37. The van der Waals surface area contributed by atoms with Gasteiger partial charge in [-0.3, -0.25) is 23.5 Å². The van der Waals surface area contributed by atoms with Crippen LogP contribution in [0.4, 0.5) is 0 Å². The molecule has 10 heteroatoms. The first kappa shape index (κ1) is 18.4. The SMILES string of the molecule is Cn1c(=O)c2c(ncn2CC(=O)OCC(=O)c2c[nH]c3ccccc23)n(C)c1=O. The number of para-hydroxylation sites is 1. The van der Waals surface area contributed by atoms with E-state index in [9.17, 15) is 19.2 Å². The number of aromatic amines is 1. The minimum atomic E-state index is -0.701. The molecule has 0 amide bonds. The van der Waals surface area contributed by atoms with Crippen molar-refractivity contribution in [3.05, 3.63) is 63.2 Å². The van der Waals surface area contributed by atoms with Crippen LogP contribution in [0.25, 0.3) is 22.1 Å². The number of rotatable bonds is 5. The van der Waals surface area contributed by atoms with E-state index >= 15 is 0 Å². The number of hydrogen-bond donors (Lipinski definition) is 1. The summed E-state index contributed by atoms with van der Waals surface area (Å²) in [6.45, 7) is -0.741. The molecule has 0 radical (unpaired) electrons. The zero-order valence-electron chi connectivity index (χ0n) is 15.7. The topological polar surface area (TPSA) is 121 Å². The Bertz CT molecular complexity index is 1390. The van der Waals surface area contributed by atoms with Crippen molar-refractivity contribution in [1.29, 1.82) is 0 Å². The maximum absolute atomic E-state index is 12.4. The summed E-state index contributed by atoms with van der Waals surface area (Å²) in [5.41, 5.74) is 0.442. The second-order valence-corrected chi connectivity index (χ2v) is 6.58. The van der Waals surface area contributed by atoms with Gasteiger partial charge in [0.2, 0.25) is 5.78 Å². The van der Waals surface area contributed by atoms with Crippen molar-refractivity contribution in [3.8, 4) is 0 Å². The van der Waals surface area contributed by atoms with E-state index in [1.54, 1.807) is 12.3 Å². The molecule has 148 valence electrons. The predicted molar refractivity (Wildman–Crippen MR) is 104 cm³/mol. The van der Waals surface area contributed by atoms with E-state index in [0.29, 0.717) is 5.56 Å². The highest BCUT2D eigenvalue weighted by Crippen LogP contribution is 2.18. The molecule has 0 saturated heterocycles. The molecule has 0 atom stereocenters. The molecule has 0 aliphatic heterocycles. The number of nitrogens with one attached hydrogen (secondary N) is 1. The molecule has 0 fully saturated rings. The van der Waals surface area contributed by atoms with Gasteiger partial charge >= 0.3 is 11.7 Å². The molecule has 0 unspecified atom stereocenters. The number of carbonyl (C=O) groups is 2. The number of fused-ring (bicyclic) bond motifs is 2. The third kappa shape index (κ3) is 3.04. The van der Waals surface area contributed by atoms with Gasteiger partial charge in [0, 0.05) is 36.8 Å². The van der Waals surface area contributed by atoms with Crippen molar-refractivity contribution >= 4 is 33.8 Å². The molecule has 0 spiro atoms. The van der Waals surface area contributed by atoms with Gasteiger partial charge in [-0.1, -0.05) is 18.2 Å². The van der Waals surface area contributed by atoms with Crippen LogP contribution < -0.4 is 11.2 Å². The fraction of sp³-hybridized carbons (Fsp3) is 0.211. The highest BCUT2D eigenvalue weighted by molar-refractivity contribution is 6.08. The van der Waals surface area contributed by atoms with Gasteiger partial charge in [0.15, 0.2) is 17.8 Å². The van der Waals surface area contributed by atoms with E-state index in [-0.39, 0.29) is 23.5 Å². The van der Waals surface area contributed by atoms with Crippen LogP contribution in [0.15, 0.2) is 46.4 Å². The lowest BCUT2D eigenvalue weighted by Gasteiger charge is -2.07. The summed E-state index contributed by atoms with van der Waals surface area (Å²) in [6, 6.07) is 7.31. The Morgan fingerprint density at radius 1 is 1.14 bits per heavy atom. The largest absolute Gasteiger partial charge is 0.456 e. The monoisotopic (exact) mass is 395 g/mol. The maximum Gasteiger partial charge on any atom is 0.332 e. The minimum Gasteiger partial charge on any atom is -0.456 e. The molecule has 10 nitrogen and oxygen atoms in total. The fourth-order valence-corrected chi connectivity index (χ4v) is 3.23. The van der Waals surface area contributed by atoms with Gasteiger partial charge in [0.05, 0.1) is 6.33 Å². The van der Waals surface area contributed by atoms with Crippen LogP contribution in [-0.4, -0.2) is 42.0 Å². The van der Waals surface area contributed by atoms with Crippen LogP contribution in [0.1, 0.15) is 10.4 Å². The Hall–Kier alpha value is -3.95. The van der Waals surface area contributed by atoms with Crippen molar-refractivity contribution in [1.82, 2.24) is 23.7 Å². The molecule has 0 aliphatic rings. The number of nitrogens with zero attached hydrogens (tertiary/aromatic N) is 4. The Morgan fingerprint density at radius 2 is 1.90 bits per heavy atom. The van der Waals surface area contributed by atoms with Gasteiger partial charge in [0.25, 0.3) is 5.56 Å². The first-order valence-corrected chi connectivity index (χ1v) is 8.74. The molecule has 1 N–H and O–H groups in total. The Kier molecular flexibility index (Phi) is 4.38. The van der Waals surface area contributed by atoms with Crippen LogP contribution in [0.2, 0.25) is 0 Å². The van der Waals surface area contributed by atoms with E-state index in [4.69, 9.17) is 4.74 Å². The van der Waals surface area contributed by atoms with Gasteiger partial charge < -0.3 is 14.3 Å². The molecule has 1 aromatic carbocycles. The summed E-state index contributed by atoms with van der Waals surface area (Å²) < 4.78 is 8.55. The molecule has 4 rings (SSSR count).